The Labute approximate surface area is 145 Å². The molecule has 134 valence electrons. The smallest absolute Gasteiger partial charge is 0.321 e. The van der Waals surface area contributed by atoms with Crippen molar-refractivity contribution in [1.29, 1.82) is 0 Å². The van der Waals surface area contributed by atoms with E-state index in [1.807, 2.05) is 31.1 Å². The Kier molecular flexibility index (Phi) is 7.06. The number of carbonyl (C=O) groups is 1. The standard InChI is InChI=1S/C19H31N3O2/c1-4-5-6-7-15-8-10-16(11-9-15)20-19(24)22-13-12-17(21(2)3)18(23)14-22/h8-11,17-18,23H,4-7,12-14H2,1-3H3,(H,20,24)/t17-,18-/m0/s1. The predicted molar refractivity (Wildman–Crippen MR) is 98.4 cm³/mol. The molecular weight excluding hydrogens is 302 g/mol. The van der Waals surface area contributed by atoms with Gasteiger partial charge in [0.1, 0.15) is 0 Å². The molecule has 0 aliphatic carbocycles. The maximum Gasteiger partial charge on any atom is 0.321 e. The monoisotopic (exact) mass is 333 g/mol. The number of nitrogens with zero attached hydrogens (tertiary/aromatic N) is 2. The van der Waals surface area contributed by atoms with Gasteiger partial charge in [-0.15, -0.1) is 0 Å². The Bertz CT molecular complexity index is 516. The van der Waals surface area contributed by atoms with E-state index in [2.05, 4.69) is 24.4 Å². The lowest BCUT2D eigenvalue weighted by Gasteiger charge is -2.38. The molecule has 2 N–H and O–H groups in total. The summed E-state index contributed by atoms with van der Waals surface area (Å²) in [6, 6.07) is 8.07. The van der Waals surface area contributed by atoms with Gasteiger partial charge in [0.25, 0.3) is 0 Å². The molecule has 1 aromatic rings. The first-order chi connectivity index (χ1) is 11.5. The molecule has 0 radical (unpaired) electrons. The van der Waals surface area contributed by atoms with Crippen molar-refractivity contribution in [3.05, 3.63) is 29.8 Å². The fourth-order valence-electron chi connectivity index (χ4n) is 3.24. The van der Waals surface area contributed by atoms with Crippen LogP contribution in [0.1, 0.15) is 38.2 Å². The van der Waals surface area contributed by atoms with Crippen molar-refractivity contribution >= 4 is 11.7 Å². The summed E-state index contributed by atoms with van der Waals surface area (Å²) in [5, 5.41) is 13.1. The van der Waals surface area contributed by atoms with Crippen LogP contribution < -0.4 is 5.32 Å². The van der Waals surface area contributed by atoms with Gasteiger partial charge < -0.3 is 20.2 Å². The molecule has 1 aromatic carbocycles. The second kappa shape index (κ2) is 9.04. The second-order valence-corrected chi connectivity index (χ2v) is 6.92. The maximum atomic E-state index is 12.4. The summed E-state index contributed by atoms with van der Waals surface area (Å²) in [4.78, 5) is 16.1. The van der Waals surface area contributed by atoms with E-state index in [1.54, 1.807) is 4.90 Å². The molecule has 0 aromatic heterocycles. The molecule has 0 unspecified atom stereocenters. The summed E-state index contributed by atoms with van der Waals surface area (Å²) in [5.41, 5.74) is 2.12. The molecule has 1 fully saturated rings. The van der Waals surface area contributed by atoms with Crippen molar-refractivity contribution in [3.8, 4) is 0 Å². The van der Waals surface area contributed by atoms with E-state index in [1.165, 1.54) is 24.8 Å². The van der Waals surface area contributed by atoms with Crippen molar-refractivity contribution in [2.24, 2.45) is 0 Å². The first kappa shape index (κ1) is 18.7. The van der Waals surface area contributed by atoms with Crippen LogP contribution in [0.5, 0.6) is 0 Å². The van der Waals surface area contributed by atoms with Crippen LogP contribution in [0.15, 0.2) is 24.3 Å². The van der Waals surface area contributed by atoms with Crippen molar-refractivity contribution in [3.63, 3.8) is 0 Å². The molecule has 5 nitrogen and oxygen atoms in total. The third-order valence-electron chi connectivity index (χ3n) is 4.77. The van der Waals surface area contributed by atoms with E-state index in [-0.39, 0.29) is 12.1 Å². The molecular formula is C19H31N3O2. The minimum Gasteiger partial charge on any atom is -0.390 e. The number of hydrogen-bond acceptors (Lipinski definition) is 3. The molecule has 1 heterocycles. The van der Waals surface area contributed by atoms with Crippen LogP contribution in [-0.2, 0) is 6.42 Å². The summed E-state index contributed by atoms with van der Waals surface area (Å²) in [5.74, 6) is 0. The summed E-state index contributed by atoms with van der Waals surface area (Å²) in [6.07, 6.45) is 5.07. The number of urea groups is 1. The number of unbranched alkanes of at least 4 members (excludes halogenated alkanes) is 2. The van der Waals surface area contributed by atoms with E-state index in [4.69, 9.17) is 0 Å². The van der Waals surface area contributed by atoms with E-state index in [0.717, 1.165) is 18.5 Å². The number of hydrogen-bond donors (Lipinski definition) is 2. The molecule has 5 heteroatoms. The quantitative estimate of drug-likeness (QED) is 0.787. The lowest BCUT2D eigenvalue weighted by Crippen LogP contribution is -2.54. The van der Waals surface area contributed by atoms with Gasteiger partial charge in [-0.1, -0.05) is 31.9 Å². The van der Waals surface area contributed by atoms with Gasteiger partial charge in [-0.05, 0) is 51.1 Å². The average Bonchev–Trinajstić information content (AvgIpc) is 2.56. The zero-order valence-corrected chi connectivity index (χ0v) is 15.2. The molecule has 1 aliphatic rings. The van der Waals surface area contributed by atoms with Gasteiger partial charge >= 0.3 is 6.03 Å². The number of piperidine rings is 1. The number of nitrogens with one attached hydrogen (secondary N) is 1. The van der Waals surface area contributed by atoms with Gasteiger partial charge in [-0.3, -0.25) is 0 Å². The van der Waals surface area contributed by atoms with Crippen LogP contribution in [0, 0.1) is 0 Å². The van der Waals surface area contributed by atoms with Crippen molar-refractivity contribution in [1.82, 2.24) is 9.80 Å². The average molecular weight is 333 g/mol. The first-order valence-corrected chi connectivity index (χ1v) is 9.00. The van der Waals surface area contributed by atoms with Crippen LogP contribution >= 0.6 is 0 Å². The minimum absolute atomic E-state index is 0.122. The van der Waals surface area contributed by atoms with E-state index in [9.17, 15) is 9.90 Å². The Morgan fingerprint density at radius 3 is 2.58 bits per heavy atom. The number of carbonyl (C=O) groups excluding carboxylic acids is 1. The number of likely N-dealkylation sites (N-methyl/N-ethyl adjacent to an activating group) is 1. The molecule has 24 heavy (non-hydrogen) atoms. The molecule has 0 saturated carbocycles. The number of β-amino-alcohol motifs (C(OH)–C–C–N with tert-alkyl or cyclic N) is 1. The highest BCUT2D eigenvalue weighted by molar-refractivity contribution is 5.89. The molecule has 0 spiro atoms. The van der Waals surface area contributed by atoms with Gasteiger partial charge in [0, 0.05) is 24.8 Å². The number of aryl methyl sites for hydroxylation is 1. The minimum atomic E-state index is -0.500. The number of aliphatic hydroxyl groups is 1. The van der Waals surface area contributed by atoms with Crippen molar-refractivity contribution in [2.45, 2.75) is 51.2 Å². The molecule has 1 aliphatic heterocycles. The highest BCUT2D eigenvalue weighted by atomic mass is 16.3. The normalized spacial score (nSPS) is 21.1. The summed E-state index contributed by atoms with van der Waals surface area (Å²) >= 11 is 0. The highest BCUT2D eigenvalue weighted by Gasteiger charge is 2.31. The lowest BCUT2D eigenvalue weighted by atomic mass is 10.0. The summed E-state index contributed by atoms with van der Waals surface area (Å²) < 4.78 is 0. The third kappa shape index (κ3) is 5.21. The van der Waals surface area contributed by atoms with E-state index < -0.39 is 6.10 Å². The van der Waals surface area contributed by atoms with E-state index >= 15 is 0 Å². The highest BCUT2D eigenvalue weighted by Crippen LogP contribution is 2.17. The lowest BCUT2D eigenvalue weighted by molar-refractivity contribution is 0.0188. The molecule has 1 saturated heterocycles. The van der Waals surface area contributed by atoms with Crippen LogP contribution in [0.4, 0.5) is 10.5 Å². The predicted octanol–water partition coefficient (Wildman–Crippen LogP) is 2.95. The van der Waals surface area contributed by atoms with Crippen LogP contribution in [0.2, 0.25) is 0 Å². The van der Waals surface area contributed by atoms with Gasteiger partial charge in [-0.25, -0.2) is 4.79 Å². The topological polar surface area (TPSA) is 55.8 Å². The van der Waals surface area contributed by atoms with Gasteiger partial charge in [0.05, 0.1) is 6.10 Å². The van der Waals surface area contributed by atoms with Crippen LogP contribution in [-0.4, -0.2) is 60.3 Å². The van der Waals surface area contributed by atoms with Gasteiger partial charge in [0.15, 0.2) is 0 Å². The van der Waals surface area contributed by atoms with E-state index in [0.29, 0.717) is 13.1 Å². The number of likely N-dealkylation sites (tertiary alicyclic amines) is 1. The summed E-state index contributed by atoms with van der Waals surface area (Å²) in [6.45, 7) is 3.25. The number of aliphatic hydroxyl groups excluding tert-OH is 1. The Balaban J connectivity index is 1.84. The SMILES string of the molecule is CCCCCc1ccc(NC(=O)N2CC[C@H](N(C)C)[C@@H](O)C2)cc1. The first-order valence-electron chi connectivity index (χ1n) is 9.00. The Morgan fingerprint density at radius 1 is 1.29 bits per heavy atom. The second-order valence-electron chi connectivity index (χ2n) is 6.92. The molecule has 2 rings (SSSR count). The molecule has 2 atom stereocenters. The fraction of sp³-hybridized carbons (Fsp3) is 0.632. The number of benzene rings is 1. The fourth-order valence-corrected chi connectivity index (χ4v) is 3.24. The largest absolute Gasteiger partial charge is 0.390 e. The number of amides is 2. The third-order valence-corrected chi connectivity index (χ3v) is 4.77. The van der Waals surface area contributed by atoms with Gasteiger partial charge in [0.2, 0.25) is 0 Å². The maximum absolute atomic E-state index is 12.4. The molecule has 0 bridgehead atoms. The number of rotatable bonds is 6. The Hall–Kier alpha value is -1.59. The zero-order valence-electron chi connectivity index (χ0n) is 15.2. The van der Waals surface area contributed by atoms with Crippen molar-refractivity contribution < 1.29 is 9.90 Å². The van der Waals surface area contributed by atoms with Crippen molar-refractivity contribution in [2.75, 3.05) is 32.5 Å². The van der Waals surface area contributed by atoms with Crippen LogP contribution in [0.25, 0.3) is 0 Å². The molecule has 2 amide bonds. The Morgan fingerprint density at radius 2 is 2.00 bits per heavy atom. The summed E-state index contributed by atoms with van der Waals surface area (Å²) in [7, 11) is 3.93. The zero-order chi connectivity index (χ0) is 17.5. The van der Waals surface area contributed by atoms with Crippen LogP contribution in [0.3, 0.4) is 0 Å². The number of anilines is 1. The van der Waals surface area contributed by atoms with Gasteiger partial charge in [-0.2, -0.15) is 0 Å².